The number of aromatic nitrogens is 1. The van der Waals surface area contributed by atoms with Crippen LogP contribution in [0.1, 0.15) is 5.56 Å². The summed E-state index contributed by atoms with van der Waals surface area (Å²) in [6.45, 7) is 0.0875. The summed E-state index contributed by atoms with van der Waals surface area (Å²) in [6, 6.07) is 10.9. The minimum atomic E-state index is -4.24. The lowest BCUT2D eigenvalue weighted by Gasteiger charge is -2.09. The van der Waals surface area contributed by atoms with Crippen molar-refractivity contribution in [3.05, 3.63) is 35.9 Å². The summed E-state index contributed by atoms with van der Waals surface area (Å²) in [6.07, 6.45) is 0. The van der Waals surface area contributed by atoms with Crippen LogP contribution in [0.2, 0.25) is 0 Å². The molecule has 0 aliphatic rings. The van der Waals surface area contributed by atoms with Crippen molar-refractivity contribution in [1.29, 1.82) is 5.26 Å². The van der Waals surface area contributed by atoms with Gasteiger partial charge in [-0.1, -0.05) is 18.2 Å². The molecule has 20 heavy (non-hydrogen) atoms. The Hall–Kier alpha value is -1.94. The van der Waals surface area contributed by atoms with Crippen molar-refractivity contribution < 1.29 is 13.2 Å². The first kappa shape index (κ1) is 14.5. The minimum absolute atomic E-state index is 0.0875. The quantitative estimate of drug-likeness (QED) is 0.873. The molecule has 0 aliphatic heterocycles. The van der Waals surface area contributed by atoms with E-state index in [0.29, 0.717) is 16.9 Å². The number of alkyl halides is 3. The molecule has 1 aromatic carbocycles. The molecule has 2 rings (SSSR count). The highest BCUT2D eigenvalue weighted by atomic mass is 32.2. The molecule has 0 aliphatic carbocycles. The van der Waals surface area contributed by atoms with Crippen molar-refractivity contribution in [3.63, 3.8) is 0 Å². The highest BCUT2D eigenvalue weighted by Crippen LogP contribution is 2.29. The molecule has 0 bridgehead atoms. The summed E-state index contributed by atoms with van der Waals surface area (Å²) in [4.78, 5) is 4.26. The Morgan fingerprint density at radius 3 is 2.75 bits per heavy atom. The summed E-state index contributed by atoms with van der Waals surface area (Å²) in [5.74, 6) is 0.178. The van der Waals surface area contributed by atoms with E-state index in [2.05, 4.69) is 10.3 Å². The third-order valence-corrected chi connectivity index (χ3v) is 3.24. The number of rotatable bonds is 4. The average molecular weight is 297 g/mol. The van der Waals surface area contributed by atoms with Gasteiger partial charge in [-0.25, -0.2) is 4.98 Å². The van der Waals surface area contributed by atoms with Gasteiger partial charge < -0.3 is 5.32 Å². The Bertz CT molecular complexity index is 649. The van der Waals surface area contributed by atoms with Gasteiger partial charge in [0.2, 0.25) is 0 Å². The molecular weight excluding hydrogens is 287 g/mol. The number of nitrogens with zero attached hydrogens (tertiary/aromatic N) is 2. The van der Waals surface area contributed by atoms with Gasteiger partial charge in [-0.05, 0) is 23.9 Å². The van der Waals surface area contributed by atoms with Gasteiger partial charge in [0.15, 0.2) is 0 Å². The number of fused-ring (bicyclic) bond motifs is 1. The Labute approximate surface area is 117 Å². The second-order valence-corrected chi connectivity index (χ2v) is 5.07. The fourth-order valence-electron chi connectivity index (χ4n) is 1.67. The topological polar surface area (TPSA) is 48.7 Å². The van der Waals surface area contributed by atoms with E-state index in [1.54, 1.807) is 12.1 Å². The molecule has 104 valence electrons. The van der Waals surface area contributed by atoms with Gasteiger partial charge in [-0.3, -0.25) is 0 Å². The van der Waals surface area contributed by atoms with E-state index in [4.69, 9.17) is 5.26 Å². The van der Waals surface area contributed by atoms with E-state index in [-0.39, 0.29) is 24.1 Å². The molecule has 7 heteroatoms. The largest absolute Gasteiger partial charge is 0.441 e. The number of halogens is 3. The second kappa shape index (κ2) is 6.01. The van der Waals surface area contributed by atoms with Crippen molar-refractivity contribution in [2.45, 2.75) is 5.51 Å². The zero-order valence-corrected chi connectivity index (χ0v) is 11.1. The van der Waals surface area contributed by atoms with Crippen LogP contribution in [0.5, 0.6) is 0 Å². The third-order valence-electron chi connectivity index (χ3n) is 2.50. The van der Waals surface area contributed by atoms with Crippen molar-refractivity contribution in [1.82, 2.24) is 4.98 Å². The number of anilines is 1. The maximum absolute atomic E-state index is 12.0. The second-order valence-electron chi connectivity index (χ2n) is 3.91. The van der Waals surface area contributed by atoms with Crippen LogP contribution in [0.4, 0.5) is 19.0 Å². The molecule has 0 radical (unpaired) electrons. The van der Waals surface area contributed by atoms with Crippen LogP contribution in [0, 0.1) is 11.3 Å². The Morgan fingerprint density at radius 2 is 2.05 bits per heavy atom. The zero-order valence-electron chi connectivity index (χ0n) is 10.2. The molecule has 0 saturated heterocycles. The Balaban J connectivity index is 2.11. The van der Waals surface area contributed by atoms with Crippen LogP contribution in [0.25, 0.3) is 10.9 Å². The van der Waals surface area contributed by atoms with Gasteiger partial charge in [0, 0.05) is 17.7 Å². The number of thioether (sulfide) groups is 1. The molecule has 0 fully saturated rings. The van der Waals surface area contributed by atoms with Crippen molar-refractivity contribution in [3.8, 4) is 6.07 Å². The smallest absolute Gasteiger partial charge is 0.368 e. The number of hydrogen-bond acceptors (Lipinski definition) is 4. The van der Waals surface area contributed by atoms with Crippen LogP contribution in [-0.4, -0.2) is 22.8 Å². The predicted octanol–water partition coefficient (Wildman–Crippen LogP) is 3.77. The minimum Gasteiger partial charge on any atom is -0.368 e. The molecule has 0 unspecified atom stereocenters. The van der Waals surface area contributed by atoms with E-state index in [9.17, 15) is 13.2 Å². The summed E-state index contributed by atoms with van der Waals surface area (Å²) in [5, 5.41) is 12.6. The molecule has 0 atom stereocenters. The fourth-order valence-corrected chi connectivity index (χ4v) is 2.11. The van der Waals surface area contributed by atoms with Gasteiger partial charge in [-0.2, -0.15) is 18.4 Å². The Kier molecular flexibility index (Phi) is 4.35. The molecule has 0 spiro atoms. The van der Waals surface area contributed by atoms with Crippen molar-refractivity contribution >= 4 is 28.5 Å². The standard InChI is InChI=1S/C13H10F3N3S/c14-13(15,16)20-6-5-18-12-10(8-17)7-9-3-1-2-4-11(9)19-12/h1-4,7H,5-6H2,(H,18,19). The van der Waals surface area contributed by atoms with Crippen LogP contribution >= 0.6 is 11.8 Å². The first-order chi connectivity index (χ1) is 9.49. The first-order valence-electron chi connectivity index (χ1n) is 5.74. The number of benzene rings is 1. The molecule has 1 N–H and O–H groups in total. The SMILES string of the molecule is N#Cc1cc2ccccc2nc1NCCSC(F)(F)F. The zero-order chi connectivity index (χ0) is 14.6. The molecule has 2 aromatic rings. The van der Waals surface area contributed by atoms with Gasteiger partial charge in [0.1, 0.15) is 11.9 Å². The van der Waals surface area contributed by atoms with Crippen LogP contribution in [0.15, 0.2) is 30.3 Å². The first-order valence-corrected chi connectivity index (χ1v) is 6.72. The summed E-state index contributed by atoms with van der Waals surface area (Å²) in [7, 11) is 0. The molecule has 0 saturated carbocycles. The third kappa shape index (κ3) is 3.78. The van der Waals surface area contributed by atoms with E-state index < -0.39 is 5.51 Å². The van der Waals surface area contributed by atoms with Gasteiger partial charge in [-0.15, -0.1) is 0 Å². The highest BCUT2D eigenvalue weighted by Gasteiger charge is 2.27. The van der Waals surface area contributed by atoms with Crippen molar-refractivity contribution in [2.24, 2.45) is 0 Å². The van der Waals surface area contributed by atoms with Crippen LogP contribution in [-0.2, 0) is 0 Å². The van der Waals surface area contributed by atoms with E-state index in [1.165, 1.54) is 0 Å². The Morgan fingerprint density at radius 1 is 1.30 bits per heavy atom. The van der Waals surface area contributed by atoms with Crippen LogP contribution in [0.3, 0.4) is 0 Å². The van der Waals surface area contributed by atoms with Gasteiger partial charge in [0.05, 0.1) is 11.1 Å². The molecular formula is C13H10F3N3S. The maximum atomic E-state index is 12.0. The number of hydrogen-bond donors (Lipinski definition) is 1. The van der Waals surface area contributed by atoms with E-state index in [0.717, 1.165) is 5.39 Å². The molecule has 1 aromatic heterocycles. The molecule has 0 amide bonds. The summed E-state index contributed by atoms with van der Waals surface area (Å²) >= 11 is -0.103. The fraction of sp³-hybridized carbons (Fsp3) is 0.231. The monoisotopic (exact) mass is 297 g/mol. The average Bonchev–Trinajstić information content (AvgIpc) is 2.41. The van der Waals surface area contributed by atoms with Crippen LogP contribution < -0.4 is 5.32 Å². The van der Waals surface area contributed by atoms with E-state index in [1.807, 2.05) is 24.3 Å². The lowest BCUT2D eigenvalue weighted by atomic mass is 10.1. The number of para-hydroxylation sites is 1. The van der Waals surface area contributed by atoms with E-state index >= 15 is 0 Å². The predicted molar refractivity (Wildman–Crippen MR) is 73.5 cm³/mol. The maximum Gasteiger partial charge on any atom is 0.441 e. The summed E-state index contributed by atoms with van der Waals surface area (Å²) < 4.78 is 36.0. The lowest BCUT2D eigenvalue weighted by Crippen LogP contribution is -2.11. The number of nitriles is 1. The molecule has 1 heterocycles. The van der Waals surface area contributed by atoms with Gasteiger partial charge in [0.25, 0.3) is 0 Å². The summed E-state index contributed by atoms with van der Waals surface area (Å²) in [5.41, 5.74) is -3.23. The molecule has 3 nitrogen and oxygen atoms in total. The van der Waals surface area contributed by atoms with Gasteiger partial charge >= 0.3 is 5.51 Å². The normalized spacial score (nSPS) is 11.3. The van der Waals surface area contributed by atoms with Crippen molar-refractivity contribution in [2.75, 3.05) is 17.6 Å². The number of pyridine rings is 1. The highest BCUT2D eigenvalue weighted by molar-refractivity contribution is 8.00. The number of nitrogens with one attached hydrogen (secondary N) is 1. The lowest BCUT2D eigenvalue weighted by molar-refractivity contribution is -0.0327.